The molecule has 2 aromatic rings. The molecule has 0 atom stereocenters. The fourth-order valence-corrected chi connectivity index (χ4v) is 4.48. The number of benzene rings is 1. The molecule has 1 aliphatic carbocycles. The predicted octanol–water partition coefficient (Wildman–Crippen LogP) is 4.30. The Labute approximate surface area is 201 Å². The number of aromatic nitrogens is 1. The Morgan fingerprint density at radius 2 is 1.68 bits per heavy atom. The largest absolute Gasteiger partial charge is 0.487 e. The number of hydrogen-bond donors (Lipinski definition) is 2. The fourth-order valence-electron chi connectivity index (χ4n) is 4.48. The van der Waals surface area contributed by atoms with Crippen molar-refractivity contribution in [1.82, 2.24) is 20.5 Å². The van der Waals surface area contributed by atoms with E-state index >= 15 is 0 Å². The molecule has 2 heterocycles. The molecular weight excluding hydrogens is 428 g/mol. The van der Waals surface area contributed by atoms with Gasteiger partial charge in [-0.3, -0.25) is 9.78 Å². The van der Waals surface area contributed by atoms with E-state index in [1.54, 1.807) is 18.3 Å². The number of urea groups is 1. The number of carbonyl (C=O) groups excluding carboxylic acids is 2. The molecule has 0 radical (unpaired) electrons. The van der Waals surface area contributed by atoms with Crippen molar-refractivity contribution in [2.24, 2.45) is 0 Å². The van der Waals surface area contributed by atoms with Crippen molar-refractivity contribution in [3.63, 3.8) is 0 Å². The lowest BCUT2D eigenvalue weighted by atomic mass is 9.95. The molecule has 2 aliphatic rings. The van der Waals surface area contributed by atoms with Crippen LogP contribution in [0.1, 0.15) is 56.2 Å². The summed E-state index contributed by atoms with van der Waals surface area (Å²) in [4.78, 5) is 31.0. The van der Waals surface area contributed by atoms with E-state index in [0.717, 1.165) is 42.7 Å². The molecule has 0 bridgehead atoms. The van der Waals surface area contributed by atoms with E-state index in [1.807, 2.05) is 47.4 Å². The second-order valence-electron chi connectivity index (χ2n) is 9.07. The molecule has 1 saturated heterocycles. The first-order valence-electron chi connectivity index (χ1n) is 12.3. The van der Waals surface area contributed by atoms with Gasteiger partial charge in [0.1, 0.15) is 12.4 Å². The van der Waals surface area contributed by atoms with Crippen LogP contribution >= 0.6 is 0 Å². The van der Waals surface area contributed by atoms with Crippen molar-refractivity contribution in [3.8, 4) is 5.75 Å². The number of amides is 3. The molecule has 0 unspecified atom stereocenters. The van der Waals surface area contributed by atoms with Gasteiger partial charge in [-0.15, -0.1) is 0 Å². The van der Waals surface area contributed by atoms with Crippen molar-refractivity contribution in [1.29, 1.82) is 0 Å². The first-order valence-corrected chi connectivity index (χ1v) is 12.3. The van der Waals surface area contributed by atoms with Gasteiger partial charge >= 0.3 is 6.03 Å². The van der Waals surface area contributed by atoms with Crippen LogP contribution in [-0.4, -0.2) is 47.0 Å². The zero-order chi connectivity index (χ0) is 23.6. The lowest BCUT2D eigenvalue weighted by molar-refractivity contribution is -0.117. The molecule has 7 heteroatoms. The Morgan fingerprint density at radius 1 is 0.941 bits per heavy atom. The molecule has 4 rings (SSSR count). The average molecular weight is 463 g/mol. The number of nitrogens with zero attached hydrogens (tertiary/aromatic N) is 2. The van der Waals surface area contributed by atoms with Crippen LogP contribution in [0.5, 0.6) is 5.75 Å². The van der Waals surface area contributed by atoms with Crippen molar-refractivity contribution < 1.29 is 14.3 Å². The van der Waals surface area contributed by atoms with E-state index in [0.29, 0.717) is 25.7 Å². The quantitative estimate of drug-likeness (QED) is 0.601. The Bertz CT molecular complexity index is 948. The normalized spacial score (nSPS) is 17.5. The van der Waals surface area contributed by atoms with Crippen molar-refractivity contribution in [2.75, 3.05) is 13.1 Å². The monoisotopic (exact) mass is 462 g/mol. The molecule has 1 aromatic carbocycles. The molecule has 1 saturated carbocycles. The third-order valence-corrected chi connectivity index (χ3v) is 6.48. The summed E-state index contributed by atoms with van der Waals surface area (Å²) >= 11 is 0. The topological polar surface area (TPSA) is 83.6 Å². The smallest absolute Gasteiger partial charge is 0.317 e. The van der Waals surface area contributed by atoms with Gasteiger partial charge in [0.15, 0.2) is 0 Å². The van der Waals surface area contributed by atoms with Gasteiger partial charge in [0, 0.05) is 37.4 Å². The minimum atomic E-state index is -0.111. The van der Waals surface area contributed by atoms with E-state index in [9.17, 15) is 9.59 Å². The number of piperidine rings is 1. The summed E-state index contributed by atoms with van der Waals surface area (Å²) in [6.07, 6.45) is 12.5. The molecule has 3 amide bonds. The second kappa shape index (κ2) is 12.2. The third kappa shape index (κ3) is 7.33. The summed E-state index contributed by atoms with van der Waals surface area (Å²) < 4.78 is 5.74. The molecule has 1 aliphatic heterocycles. The summed E-state index contributed by atoms with van der Waals surface area (Å²) in [5.41, 5.74) is 1.80. The molecule has 0 spiro atoms. The minimum absolute atomic E-state index is 0.0454. The van der Waals surface area contributed by atoms with Gasteiger partial charge in [0.25, 0.3) is 0 Å². The SMILES string of the molecule is O=C(/C=C/c1ccc(OCc2ccccn2)cc1)NC1CCN(C(=O)NC2CCCCC2)CC1. The van der Waals surface area contributed by atoms with Crippen LogP contribution < -0.4 is 15.4 Å². The highest BCUT2D eigenvalue weighted by Crippen LogP contribution is 2.19. The summed E-state index contributed by atoms with van der Waals surface area (Å²) in [6, 6.07) is 13.8. The van der Waals surface area contributed by atoms with Crippen molar-refractivity contribution in [2.45, 2.75) is 63.6 Å². The summed E-state index contributed by atoms with van der Waals surface area (Å²) in [6.45, 7) is 1.76. The van der Waals surface area contributed by atoms with E-state index in [2.05, 4.69) is 15.6 Å². The van der Waals surface area contributed by atoms with E-state index in [1.165, 1.54) is 19.3 Å². The lowest BCUT2D eigenvalue weighted by Crippen LogP contribution is -2.51. The van der Waals surface area contributed by atoms with Crippen LogP contribution in [0, 0.1) is 0 Å². The van der Waals surface area contributed by atoms with Crippen LogP contribution in [0.2, 0.25) is 0 Å². The van der Waals surface area contributed by atoms with Crippen LogP contribution in [0.25, 0.3) is 6.08 Å². The van der Waals surface area contributed by atoms with Crippen molar-refractivity contribution in [3.05, 3.63) is 66.0 Å². The number of hydrogen-bond acceptors (Lipinski definition) is 4. The predicted molar refractivity (Wildman–Crippen MR) is 132 cm³/mol. The summed E-state index contributed by atoms with van der Waals surface area (Å²) in [7, 11) is 0. The molecule has 1 aromatic heterocycles. The van der Waals surface area contributed by atoms with Gasteiger partial charge in [0.05, 0.1) is 5.69 Å². The van der Waals surface area contributed by atoms with E-state index in [4.69, 9.17) is 4.74 Å². The number of rotatable bonds is 7. The molecule has 180 valence electrons. The maximum absolute atomic E-state index is 12.5. The average Bonchev–Trinajstić information content (AvgIpc) is 2.88. The Kier molecular flexibility index (Phi) is 8.54. The first kappa shape index (κ1) is 23.8. The van der Waals surface area contributed by atoms with Crippen LogP contribution in [0.3, 0.4) is 0 Å². The van der Waals surface area contributed by atoms with Crippen LogP contribution in [0.15, 0.2) is 54.7 Å². The number of likely N-dealkylation sites (tertiary alicyclic amines) is 1. The number of carbonyl (C=O) groups is 2. The van der Waals surface area contributed by atoms with E-state index in [-0.39, 0.29) is 18.0 Å². The van der Waals surface area contributed by atoms with Crippen LogP contribution in [0.4, 0.5) is 4.79 Å². The minimum Gasteiger partial charge on any atom is -0.487 e. The molecule has 2 N–H and O–H groups in total. The Morgan fingerprint density at radius 3 is 2.38 bits per heavy atom. The van der Waals surface area contributed by atoms with Crippen molar-refractivity contribution >= 4 is 18.0 Å². The second-order valence-corrected chi connectivity index (χ2v) is 9.07. The van der Waals surface area contributed by atoms with E-state index < -0.39 is 0 Å². The first-order chi connectivity index (χ1) is 16.7. The maximum atomic E-state index is 12.5. The molecular formula is C27H34N4O3. The highest BCUT2D eigenvalue weighted by atomic mass is 16.5. The van der Waals surface area contributed by atoms with Gasteiger partial charge in [-0.2, -0.15) is 0 Å². The summed E-state index contributed by atoms with van der Waals surface area (Å²) in [5, 5.41) is 6.24. The zero-order valence-electron chi connectivity index (χ0n) is 19.6. The Hall–Kier alpha value is -3.35. The van der Waals surface area contributed by atoms with Crippen LogP contribution in [-0.2, 0) is 11.4 Å². The molecule has 2 fully saturated rings. The molecule has 7 nitrogen and oxygen atoms in total. The highest BCUT2D eigenvalue weighted by molar-refractivity contribution is 5.91. The standard InChI is InChI=1S/C27H34N4O3/c32-26(14-11-21-9-12-25(13-10-21)34-20-24-8-4-5-17-28-24)29-23-15-18-31(19-16-23)27(33)30-22-6-2-1-3-7-22/h4-5,8-14,17,22-23H,1-3,6-7,15-16,18-20H2,(H,29,32)(H,30,33)/b14-11+. The van der Waals surface area contributed by atoms with Gasteiger partial charge in [-0.05, 0) is 61.6 Å². The number of pyridine rings is 1. The highest BCUT2D eigenvalue weighted by Gasteiger charge is 2.25. The van der Waals surface area contributed by atoms with Gasteiger partial charge in [-0.1, -0.05) is 37.5 Å². The number of ether oxygens (including phenoxy) is 1. The third-order valence-electron chi connectivity index (χ3n) is 6.48. The fraction of sp³-hybridized carbons (Fsp3) is 0.444. The summed E-state index contributed by atoms with van der Waals surface area (Å²) in [5.74, 6) is 0.645. The van der Waals surface area contributed by atoms with Gasteiger partial charge in [-0.25, -0.2) is 4.79 Å². The molecule has 34 heavy (non-hydrogen) atoms. The lowest BCUT2D eigenvalue weighted by Gasteiger charge is -2.34. The Balaban J connectivity index is 1.16. The number of nitrogens with one attached hydrogen (secondary N) is 2. The zero-order valence-corrected chi connectivity index (χ0v) is 19.6. The maximum Gasteiger partial charge on any atom is 0.317 e. The van der Waals surface area contributed by atoms with Gasteiger partial charge in [0.2, 0.25) is 5.91 Å². The van der Waals surface area contributed by atoms with Gasteiger partial charge < -0.3 is 20.3 Å².